The lowest BCUT2D eigenvalue weighted by atomic mass is 10.1. The van der Waals surface area contributed by atoms with Gasteiger partial charge in [0.05, 0.1) is 5.69 Å². The van der Waals surface area contributed by atoms with Crippen molar-refractivity contribution < 1.29 is 4.79 Å². The number of nitrogens with zero attached hydrogens (tertiary/aromatic N) is 2. The van der Waals surface area contributed by atoms with Gasteiger partial charge in [-0.05, 0) is 13.8 Å². The summed E-state index contributed by atoms with van der Waals surface area (Å²) >= 11 is 1.48. The largest absolute Gasteiger partial charge is 0.309 e. The summed E-state index contributed by atoms with van der Waals surface area (Å²) in [6, 6.07) is 1.03. The second-order valence-corrected chi connectivity index (χ2v) is 5.85. The van der Waals surface area contributed by atoms with E-state index in [4.69, 9.17) is 0 Å². The second-order valence-electron chi connectivity index (χ2n) is 4.99. The average Bonchev–Trinajstić information content (AvgIpc) is 2.62. The summed E-state index contributed by atoms with van der Waals surface area (Å²) in [6.45, 7) is 8.83. The van der Waals surface area contributed by atoms with Crippen LogP contribution in [0.15, 0.2) is 5.38 Å². The number of carbonyl (C=O) groups is 1. The first kappa shape index (κ1) is 13.5. The minimum absolute atomic E-state index is 0.0692. The molecule has 0 aromatic carbocycles. The Kier molecular flexibility index (Phi) is 4.31. The van der Waals surface area contributed by atoms with Crippen LogP contribution in [-0.2, 0) is 11.3 Å². The Morgan fingerprint density at radius 1 is 1.56 bits per heavy atom. The fourth-order valence-corrected chi connectivity index (χ4v) is 3.13. The zero-order valence-electron chi connectivity index (χ0n) is 11.1. The Bertz CT molecular complexity index is 410. The molecule has 2 N–H and O–H groups in total. The first-order chi connectivity index (χ1) is 8.52. The number of amides is 1. The molecule has 5 nitrogen and oxygen atoms in total. The molecule has 1 fully saturated rings. The molecule has 2 rings (SSSR count). The van der Waals surface area contributed by atoms with Crippen molar-refractivity contribution >= 4 is 22.4 Å². The van der Waals surface area contributed by atoms with Gasteiger partial charge < -0.3 is 10.6 Å². The lowest BCUT2D eigenvalue weighted by Gasteiger charge is -2.35. The van der Waals surface area contributed by atoms with Crippen molar-refractivity contribution in [2.24, 2.45) is 0 Å². The third kappa shape index (κ3) is 3.76. The Balaban J connectivity index is 1.92. The highest BCUT2D eigenvalue weighted by atomic mass is 32.1. The Labute approximate surface area is 112 Å². The minimum atomic E-state index is -0.0692. The van der Waals surface area contributed by atoms with Crippen LogP contribution in [-0.4, -0.2) is 41.0 Å². The Morgan fingerprint density at radius 2 is 2.22 bits per heavy atom. The van der Waals surface area contributed by atoms with E-state index in [0.29, 0.717) is 17.2 Å². The fraction of sp³-hybridized carbons (Fsp3) is 0.667. The van der Waals surface area contributed by atoms with Gasteiger partial charge in [0, 0.05) is 44.0 Å². The average molecular weight is 268 g/mol. The van der Waals surface area contributed by atoms with Gasteiger partial charge in [0.2, 0.25) is 5.91 Å². The maximum absolute atomic E-state index is 10.9. The number of anilines is 1. The molecule has 100 valence electrons. The van der Waals surface area contributed by atoms with Gasteiger partial charge in [0.15, 0.2) is 5.13 Å². The minimum Gasteiger partial charge on any atom is -0.309 e. The zero-order chi connectivity index (χ0) is 13.1. The molecule has 6 heteroatoms. The summed E-state index contributed by atoms with van der Waals surface area (Å²) in [5.74, 6) is -0.0692. The molecule has 1 aromatic heterocycles. The van der Waals surface area contributed by atoms with Gasteiger partial charge in [-0.3, -0.25) is 9.69 Å². The van der Waals surface area contributed by atoms with Crippen LogP contribution < -0.4 is 10.6 Å². The van der Waals surface area contributed by atoms with E-state index in [2.05, 4.69) is 34.4 Å². The third-order valence-electron chi connectivity index (χ3n) is 2.85. The predicted octanol–water partition coefficient (Wildman–Crippen LogP) is 1.28. The first-order valence-corrected chi connectivity index (χ1v) is 7.11. The summed E-state index contributed by atoms with van der Waals surface area (Å²) in [4.78, 5) is 17.8. The molecule has 1 amide bonds. The van der Waals surface area contributed by atoms with Gasteiger partial charge >= 0.3 is 0 Å². The topological polar surface area (TPSA) is 57.3 Å². The normalized spacial score (nSPS) is 25.1. The van der Waals surface area contributed by atoms with Crippen LogP contribution >= 0.6 is 11.3 Å². The molecule has 1 saturated heterocycles. The van der Waals surface area contributed by atoms with Gasteiger partial charge in [0.25, 0.3) is 0 Å². The van der Waals surface area contributed by atoms with E-state index in [0.717, 1.165) is 25.3 Å². The fourth-order valence-electron chi connectivity index (χ4n) is 2.39. The van der Waals surface area contributed by atoms with Crippen molar-refractivity contribution in [1.82, 2.24) is 15.2 Å². The summed E-state index contributed by atoms with van der Waals surface area (Å²) < 4.78 is 0. The number of nitrogens with one attached hydrogen (secondary N) is 2. The molecule has 0 radical (unpaired) electrons. The Morgan fingerprint density at radius 3 is 2.83 bits per heavy atom. The highest BCUT2D eigenvalue weighted by molar-refractivity contribution is 7.13. The van der Waals surface area contributed by atoms with E-state index in [-0.39, 0.29) is 5.91 Å². The molecule has 0 bridgehead atoms. The number of rotatable bonds is 3. The quantitative estimate of drug-likeness (QED) is 0.867. The van der Waals surface area contributed by atoms with Crippen molar-refractivity contribution in [2.75, 3.05) is 18.4 Å². The highest BCUT2D eigenvalue weighted by Crippen LogP contribution is 2.17. The molecule has 1 aliphatic rings. The van der Waals surface area contributed by atoms with Crippen LogP contribution in [0.4, 0.5) is 5.13 Å². The van der Waals surface area contributed by atoms with Gasteiger partial charge in [-0.15, -0.1) is 11.3 Å². The molecule has 0 spiro atoms. The Hall–Kier alpha value is -0.980. The van der Waals surface area contributed by atoms with Crippen molar-refractivity contribution in [3.8, 4) is 0 Å². The van der Waals surface area contributed by atoms with E-state index >= 15 is 0 Å². The molecule has 2 heterocycles. The van der Waals surface area contributed by atoms with Gasteiger partial charge in [-0.2, -0.15) is 0 Å². The smallest absolute Gasteiger partial charge is 0.223 e. The molecule has 1 aliphatic heterocycles. The molecule has 0 saturated carbocycles. The lowest BCUT2D eigenvalue weighted by molar-refractivity contribution is -0.114. The lowest BCUT2D eigenvalue weighted by Crippen LogP contribution is -2.53. The van der Waals surface area contributed by atoms with Crippen LogP contribution in [0.2, 0.25) is 0 Å². The molecule has 1 aromatic rings. The van der Waals surface area contributed by atoms with Crippen molar-refractivity contribution in [2.45, 2.75) is 39.4 Å². The van der Waals surface area contributed by atoms with E-state index in [1.165, 1.54) is 18.3 Å². The molecular weight excluding hydrogens is 248 g/mol. The van der Waals surface area contributed by atoms with E-state index in [9.17, 15) is 4.79 Å². The number of hydrogen-bond acceptors (Lipinski definition) is 5. The van der Waals surface area contributed by atoms with Crippen LogP contribution in [0.3, 0.4) is 0 Å². The van der Waals surface area contributed by atoms with Crippen LogP contribution in [0.25, 0.3) is 0 Å². The summed E-state index contributed by atoms with van der Waals surface area (Å²) in [7, 11) is 0. The molecule has 0 aliphatic carbocycles. The van der Waals surface area contributed by atoms with Crippen molar-refractivity contribution in [3.05, 3.63) is 11.1 Å². The van der Waals surface area contributed by atoms with Crippen molar-refractivity contribution in [3.63, 3.8) is 0 Å². The maximum Gasteiger partial charge on any atom is 0.223 e. The molecule has 18 heavy (non-hydrogen) atoms. The number of piperazine rings is 1. The van der Waals surface area contributed by atoms with E-state index in [1.54, 1.807) is 0 Å². The number of hydrogen-bond donors (Lipinski definition) is 2. The first-order valence-electron chi connectivity index (χ1n) is 6.23. The monoisotopic (exact) mass is 268 g/mol. The second kappa shape index (κ2) is 5.77. The van der Waals surface area contributed by atoms with E-state index in [1.807, 2.05) is 5.38 Å². The van der Waals surface area contributed by atoms with Crippen LogP contribution in [0.1, 0.15) is 26.5 Å². The SMILES string of the molecule is CC(=O)Nc1nc(CN2CC(C)NC(C)C2)cs1. The summed E-state index contributed by atoms with van der Waals surface area (Å²) in [5.41, 5.74) is 1.03. The standard InChI is InChI=1S/C12H20N4OS/c1-8-4-16(5-9(2)13-8)6-11-7-18-12(15-11)14-10(3)17/h7-9,13H,4-6H2,1-3H3,(H,14,15,17). The number of aromatic nitrogens is 1. The number of carbonyl (C=O) groups excluding carboxylic acids is 1. The van der Waals surface area contributed by atoms with Gasteiger partial charge in [0.1, 0.15) is 0 Å². The van der Waals surface area contributed by atoms with Gasteiger partial charge in [-0.25, -0.2) is 4.98 Å². The molecule has 2 unspecified atom stereocenters. The highest BCUT2D eigenvalue weighted by Gasteiger charge is 2.21. The van der Waals surface area contributed by atoms with Gasteiger partial charge in [-0.1, -0.05) is 0 Å². The molecular formula is C12H20N4OS. The maximum atomic E-state index is 10.9. The zero-order valence-corrected chi connectivity index (χ0v) is 11.9. The predicted molar refractivity (Wildman–Crippen MR) is 73.8 cm³/mol. The van der Waals surface area contributed by atoms with Crippen LogP contribution in [0, 0.1) is 0 Å². The van der Waals surface area contributed by atoms with E-state index < -0.39 is 0 Å². The molecule has 2 atom stereocenters. The summed E-state index contributed by atoms with van der Waals surface area (Å²) in [5, 5.41) is 8.93. The third-order valence-corrected chi connectivity index (χ3v) is 3.66. The summed E-state index contributed by atoms with van der Waals surface area (Å²) in [6.07, 6.45) is 0. The van der Waals surface area contributed by atoms with Crippen molar-refractivity contribution in [1.29, 1.82) is 0 Å². The number of thiazole rings is 1. The van der Waals surface area contributed by atoms with Crippen LogP contribution in [0.5, 0.6) is 0 Å².